The van der Waals surface area contributed by atoms with Crippen molar-refractivity contribution in [3.8, 4) is 0 Å². The van der Waals surface area contributed by atoms with Crippen LogP contribution < -0.4 is 11.1 Å². The van der Waals surface area contributed by atoms with Crippen LogP contribution in [-0.2, 0) is 11.3 Å². The Hall–Kier alpha value is -2.66. The van der Waals surface area contributed by atoms with Crippen molar-refractivity contribution in [3.63, 3.8) is 0 Å². The Labute approximate surface area is 172 Å². The first-order valence-corrected chi connectivity index (χ1v) is 10.6. The molecule has 29 heavy (non-hydrogen) atoms. The fourth-order valence-electron chi connectivity index (χ4n) is 4.05. The van der Waals surface area contributed by atoms with Crippen molar-refractivity contribution in [3.05, 3.63) is 65.7 Å². The first-order valence-electron chi connectivity index (χ1n) is 10.6. The number of nitrogens with two attached hydrogens (primary N) is 1. The number of anilines is 1. The molecule has 2 saturated carbocycles. The third-order valence-electron chi connectivity index (χ3n) is 5.99. The highest BCUT2D eigenvalue weighted by Gasteiger charge is 2.37. The molecular weight excluding hydrogens is 362 g/mol. The molecule has 2 aromatic rings. The van der Waals surface area contributed by atoms with Crippen LogP contribution in [0.1, 0.15) is 54.4 Å². The molecule has 152 valence electrons. The molecule has 0 unspecified atom stereocenters. The number of hydrogen-bond donors (Lipinski definition) is 2. The lowest BCUT2D eigenvalue weighted by Crippen LogP contribution is -2.44. The number of carbonyl (C=O) groups is 2. The van der Waals surface area contributed by atoms with Crippen LogP contribution in [0.4, 0.5) is 5.69 Å². The van der Waals surface area contributed by atoms with Crippen molar-refractivity contribution in [2.45, 2.75) is 57.2 Å². The number of amides is 2. The number of benzene rings is 2. The summed E-state index contributed by atoms with van der Waals surface area (Å²) < 4.78 is 0. The summed E-state index contributed by atoms with van der Waals surface area (Å²) in [6.45, 7) is 0.627. The first kappa shape index (κ1) is 19.6. The minimum Gasteiger partial charge on any atom is -0.335 e. The highest BCUT2D eigenvalue weighted by molar-refractivity contribution is 6.04. The molecule has 0 saturated heterocycles. The second-order valence-electron chi connectivity index (χ2n) is 8.33. The number of carbonyl (C=O) groups excluding carboxylic acids is 2. The molecule has 0 spiro atoms. The van der Waals surface area contributed by atoms with E-state index in [0.29, 0.717) is 24.1 Å². The largest absolute Gasteiger partial charge is 0.335 e. The van der Waals surface area contributed by atoms with Gasteiger partial charge in [-0.15, -0.1) is 0 Å². The molecule has 0 atom stereocenters. The Morgan fingerprint density at radius 1 is 0.897 bits per heavy atom. The number of nitrogens with zero attached hydrogens (tertiary/aromatic N) is 1. The normalized spacial score (nSPS) is 21.4. The van der Waals surface area contributed by atoms with Gasteiger partial charge < -0.3 is 16.0 Å². The average molecular weight is 392 g/mol. The highest BCUT2D eigenvalue weighted by atomic mass is 16.2. The fraction of sp³-hybridized carbons (Fsp3) is 0.417. The molecule has 2 aliphatic carbocycles. The lowest BCUT2D eigenvalue weighted by molar-refractivity contribution is -0.136. The van der Waals surface area contributed by atoms with E-state index in [1.165, 1.54) is 0 Å². The van der Waals surface area contributed by atoms with E-state index in [1.807, 2.05) is 42.5 Å². The molecule has 0 radical (unpaired) electrons. The maximum atomic E-state index is 12.9. The van der Waals surface area contributed by atoms with Crippen LogP contribution in [-0.4, -0.2) is 28.8 Å². The van der Waals surface area contributed by atoms with Crippen LogP contribution in [0.2, 0.25) is 0 Å². The van der Waals surface area contributed by atoms with Gasteiger partial charge in [0, 0.05) is 35.8 Å². The Morgan fingerprint density at radius 3 is 2.17 bits per heavy atom. The minimum absolute atomic E-state index is 0.123. The van der Waals surface area contributed by atoms with Crippen LogP contribution in [0.25, 0.3) is 0 Å². The molecule has 2 fully saturated rings. The van der Waals surface area contributed by atoms with Gasteiger partial charge >= 0.3 is 0 Å². The summed E-state index contributed by atoms with van der Waals surface area (Å²) in [5.41, 5.74) is 8.54. The Bertz CT molecular complexity index is 838. The monoisotopic (exact) mass is 391 g/mol. The smallest absolute Gasteiger partial charge is 0.255 e. The van der Waals surface area contributed by atoms with Crippen LogP contribution in [0.3, 0.4) is 0 Å². The molecule has 4 rings (SSSR count). The van der Waals surface area contributed by atoms with Gasteiger partial charge in [-0.2, -0.15) is 0 Å². The van der Waals surface area contributed by atoms with E-state index in [-0.39, 0.29) is 17.9 Å². The van der Waals surface area contributed by atoms with E-state index in [0.717, 1.165) is 49.8 Å². The van der Waals surface area contributed by atoms with E-state index >= 15 is 0 Å². The second-order valence-corrected chi connectivity index (χ2v) is 8.33. The summed E-state index contributed by atoms with van der Waals surface area (Å²) >= 11 is 0. The quantitative estimate of drug-likeness (QED) is 0.783. The SMILES string of the molecule is NC1CCC(N(Cc2ccc(NC(=O)c3ccccc3)cc2)C(=O)C2CC2)CC1. The molecule has 2 aromatic carbocycles. The maximum Gasteiger partial charge on any atom is 0.255 e. The summed E-state index contributed by atoms with van der Waals surface area (Å²) in [5, 5.41) is 2.92. The molecule has 5 heteroatoms. The summed E-state index contributed by atoms with van der Waals surface area (Å²) in [5.74, 6) is 0.393. The van der Waals surface area contributed by atoms with E-state index in [2.05, 4.69) is 10.2 Å². The fourth-order valence-corrected chi connectivity index (χ4v) is 4.05. The molecule has 5 nitrogen and oxygen atoms in total. The lowest BCUT2D eigenvalue weighted by atomic mass is 9.90. The third-order valence-corrected chi connectivity index (χ3v) is 5.99. The van der Waals surface area contributed by atoms with Gasteiger partial charge in [-0.05, 0) is 68.4 Å². The van der Waals surface area contributed by atoms with Gasteiger partial charge in [-0.3, -0.25) is 9.59 Å². The van der Waals surface area contributed by atoms with E-state index in [9.17, 15) is 9.59 Å². The van der Waals surface area contributed by atoms with E-state index < -0.39 is 0 Å². The molecule has 3 N–H and O–H groups in total. The van der Waals surface area contributed by atoms with Gasteiger partial charge in [0.25, 0.3) is 5.91 Å². The predicted octanol–water partition coefficient (Wildman–Crippen LogP) is 3.95. The van der Waals surface area contributed by atoms with Crippen molar-refractivity contribution in [2.24, 2.45) is 11.7 Å². The number of rotatable bonds is 6. The second kappa shape index (κ2) is 8.78. The number of hydrogen-bond acceptors (Lipinski definition) is 3. The van der Waals surface area contributed by atoms with Crippen molar-refractivity contribution in [1.29, 1.82) is 0 Å². The Balaban J connectivity index is 1.41. The number of nitrogens with one attached hydrogen (secondary N) is 1. The molecule has 0 aromatic heterocycles. The zero-order valence-electron chi connectivity index (χ0n) is 16.7. The van der Waals surface area contributed by atoms with Crippen LogP contribution in [0.5, 0.6) is 0 Å². The minimum atomic E-state index is -0.123. The van der Waals surface area contributed by atoms with E-state index in [1.54, 1.807) is 12.1 Å². The third kappa shape index (κ3) is 5.04. The maximum absolute atomic E-state index is 12.9. The van der Waals surface area contributed by atoms with E-state index in [4.69, 9.17) is 5.73 Å². The van der Waals surface area contributed by atoms with Crippen molar-refractivity contribution in [1.82, 2.24) is 4.90 Å². The molecule has 2 amide bonds. The van der Waals surface area contributed by atoms with Crippen LogP contribution in [0, 0.1) is 5.92 Å². The predicted molar refractivity (Wildman–Crippen MR) is 114 cm³/mol. The molecule has 0 bridgehead atoms. The van der Waals surface area contributed by atoms with Crippen LogP contribution in [0.15, 0.2) is 54.6 Å². The molecule has 2 aliphatic rings. The van der Waals surface area contributed by atoms with Gasteiger partial charge in [-0.1, -0.05) is 30.3 Å². The van der Waals surface area contributed by atoms with Crippen LogP contribution >= 0.6 is 0 Å². The zero-order chi connectivity index (χ0) is 20.2. The Morgan fingerprint density at radius 2 is 1.55 bits per heavy atom. The summed E-state index contributed by atoms with van der Waals surface area (Å²) in [4.78, 5) is 27.3. The molecule has 0 heterocycles. The van der Waals surface area contributed by atoms with Crippen molar-refractivity contribution < 1.29 is 9.59 Å². The molecule has 0 aliphatic heterocycles. The zero-order valence-corrected chi connectivity index (χ0v) is 16.7. The van der Waals surface area contributed by atoms with Gasteiger partial charge in [0.15, 0.2) is 0 Å². The molecular formula is C24H29N3O2. The van der Waals surface area contributed by atoms with Gasteiger partial charge in [-0.25, -0.2) is 0 Å². The van der Waals surface area contributed by atoms with Gasteiger partial charge in [0.2, 0.25) is 5.91 Å². The first-order chi connectivity index (χ1) is 14.1. The standard InChI is InChI=1S/C24H29N3O2/c25-20-10-14-22(15-11-20)27(24(29)19-8-9-19)16-17-6-12-21(13-7-17)26-23(28)18-4-2-1-3-5-18/h1-7,12-13,19-20,22H,8-11,14-16,25H2,(H,26,28). The van der Waals surface area contributed by atoms with Gasteiger partial charge in [0.1, 0.15) is 0 Å². The average Bonchev–Trinajstić information content (AvgIpc) is 3.60. The summed E-state index contributed by atoms with van der Waals surface area (Å²) in [6.07, 6.45) is 6.00. The highest BCUT2D eigenvalue weighted by Crippen LogP contribution is 2.34. The Kier molecular flexibility index (Phi) is 5.95. The van der Waals surface area contributed by atoms with Crippen molar-refractivity contribution >= 4 is 17.5 Å². The topological polar surface area (TPSA) is 75.4 Å². The summed E-state index contributed by atoms with van der Waals surface area (Å²) in [6, 6.07) is 17.6. The van der Waals surface area contributed by atoms with Gasteiger partial charge in [0.05, 0.1) is 0 Å². The lowest BCUT2D eigenvalue weighted by Gasteiger charge is -2.36. The van der Waals surface area contributed by atoms with Crippen molar-refractivity contribution in [2.75, 3.05) is 5.32 Å². The summed E-state index contributed by atoms with van der Waals surface area (Å²) in [7, 11) is 0.